The normalized spacial score (nSPS) is 10.9. The molecule has 0 atom stereocenters. The van der Waals surface area contributed by atoms with Crippen LogP contribution in [0.5, 0.6) is 0 Å². The van der Waals surface area contributed by atoms with Gasteiger partial charge >= 0.3 is 0 Å². The van der Waals surface area contributed by atoms with Crippen molar-refractivity contribution >= 4 is 16.8 Å². The summed E-state index contributed by atoms with van der Waals surface area (Å²) >= 11 is 0. The van der Waals surface area contributed by atoms with Gasteiger partial charge in [0.1, 0.15) is 0 Å². The number of amides is 1. The summed E-state index contributed by atoms with van der Waals surface area (Å²) in [6, 6.07) is 8.35. The third kappa shape index (κ3) is 2.90. The molecular weight excluding hydrogens is 226 g/mol. The Morgan fingerprint density at radius 3 is 2.94 bits per heavy atom. The van der Waals surface area contributed by atoms with Crippen molar-refractivity contribution in [1.29, 1.82) is 0 Å². The van der Waals surface area contributed by atoms with Gasteiger partial charge in [0.05, 0.1) is 0 Å². The number of rotatable bonds is 6. The van der Waals surface area contributed by atoms with Crippen LogP contribution in [0.4, 0.5) is 0 Å². The number of carbonyl (C=O) groups excluding carboxylic acids is 1. The average molecular weight is 245 g/mol. The molecule has 0 saturated heterocycles. The molecule has 1 amide bonds. The fourth-order valence-corrected chi connectivity index (χ4v) is 2.18. The number of nitrogens with one attached hydrogen (secondary N) is 1. The maximum absolute atomic E-state index is 10.6. The zero-order chi connectivity index (χ0) is 13.0. The van der Waals surface area contributed by atoms with Crippen molar-refractivity contribution in [3.8, 4) is 0 Å². The van der Waals surface area contributed by atoms with Crippen molar-refractivity contribution in [3.05, 3.63) is 36.0 Å². The molecule has 1 heterocycles. The molecule has 0 aliphatic heterocycles. The van der Waals surface area contributed by atoms with Gasteiger partial charge in [-0.3, -0.25) is 4.79 Å². The second-order valence-corrected chi connectivity index (χ2v) is 4.53. The molecule has 3 N–H and O–H groups in total. The number of nitrogens with zero attached hydrogens (tertiary/aromatic N) is 1. The van der Waals surface area contributed by atoms with E-state index in [1.807, 2.05) is 6.07 Å². The lowest BCUT2D eigenvalue weighted by Crippen LogP contribution is -2.18. The molecule has 0 radical (unpaired) electrons. The number of nitrogens with two attached hydrogens (primary N) is 1. The van der Waals surface area contributed by atoms with E-state index in [4.69, 9.17) is 5.73 Å². The van der Waals surface area contributed by atoms with Gasteiger partial charge in [0, 0.05) is 37.1 Å². The van der Waals surface area contributed by atoms with Crippen LogP contribution in [-0.4, -0.2) is 17.0 Å². The minimum atomic E-state index is -0.234. The first-order valence-corrected chi connectivity index (χ1v) is 6.20. The fourth-order valence-electron chi connectivity index (χ4n) is 2.18. The standard InChI is InChI=1S/C14H19N3O/c1-17-10-11(9-16-8-4-7-14(15)18)12-5-2-3-6-13(12)17/h2-3,5-6,10,16H,4,7-9H2,1H3,(H2,15,18). The van der Waals surface area contributed by atoms with E-state index in [9.17, 15) is 4.79 Å². The second kappa shape index (κ2) is 5.69. The molecule has 0 aliphatic carbocycles. The van der Waals surface area contributed by atoms with Crippen LogP contribution < -0.4 is 11.1 Å². The third-order valence-electron chi connectivity index (χ3n) is 3.07. The molecule has 0 spiro atoms. The predicted molar refractivity (Wildman–Crippen MR) is 73.1 cm³/mol. The Bertz CT molecular complexity index is 545. The Morgan fingerprint density at radius 1 is 1.39 bits per heavy atom. The Balaban J connectivity index is 1.94. The lowest BCUT2D eigenvalue weighted by atomic mass is 10.2. The largest absolute Gasteiger partial charge is 0.370 e. The van der Waals surface area contributed by atoms with Gasteiger partial charge in [-0.15, -0.1) is 0 Å². The smallest absolute Gasteiger partial charge is 0.217 e. The molecule has 1 aromatic heterocycles. The van der Waals surface area contributed by atoms with Gasteiger partial charge in [-0.1, -0.05) is 18.2 Å². The quantitative estimate of drug-likeness (QED) is 0.758. The summed E-state index contributed by atoms with van der Waals surface area (Å²) in [7, 11) is 2.05. The zero-order valence-electron chi connectivity index (χ0n) is 10.6. The van der Waals surface area contributed by atoms with E-state index in [1.165, 1.54) is 16.5 Å². The molecule has 18 heavy (non-hydrogen) atoms. The number of aryl methyl sites for hydroxylation is 1. The zero-order valence-corrected chi connectivity index (χ0v) is 10.6. The highest BCUT2D eigenvalue weighted by molar-refractivity contribution is 5.83. The summed E-state index contributed by atoms with van der Waals surface area (Å²) in [4.78, 5) is 10.6. The van der Waals surface area contributed by atoms with Crippen LogP contribution >= 0.6 is 0 Å². The molecule has 0 bridgehead atoms. The van der Waals surface area contributed by atoms with Crippen LogP contribution in [0.1, 0.15) is 18.4 Å². The van der Waals surface area contributed by atoms with Crippen molar-refractivity contribution in [2.45, 2.75) is 19.4 Å². The van der Waals surface area contributed by atoms with Crippen LogP contribution in [0.25, 0.3) is 10.9 Å². The molecule has 96 valence electrons. The molecule has 0 aliphatic rings. The van der Waals surface area contributed by atoms with Crippen molar-refractivity contribution in [2.24, 2.45) is 12.8 Å². The Hall–Kier alpha value is -1.81. The number of hydrogen-bond acceptors (Lipinski definition) is 2. The first kappa shape index (κ1) is 12.6. The number of benzene rings is 1. The van der Waals surface area contributed by atoms with Gasteiger partial charge in [0.15, 0.2) is 0 Å². The average Bonchev–Trinajstić information content (AvgIpc) is 2.66. The summed E-state index contributed by atoms with van der Waals surface area (Å²) in [6.07, 6.45) is 3.38. The van der Waals surface area contributed by atoms with Crippen molar-refractivity contribution in [1.82, 2.24) is 9.88 Å². The molecule has 0 saturated carbocycles. The Morgan fingerprint density at radius 2 is 2.17 bits per heavy atom. The summed E-state index contributed by atoms with van der Waals surface area (Å²) in [6.45, 7) is 1.63. The minimum Gasteiger partial charge on any atom is -0.370 e. The van der Waals surface area contributed by atoms with E-state index in [1.54, 1.807) is 0 Å². The van der Waals surface area contributed by atoms with Gasteiger partial charge in [0.2, 0.25) is 5.91 Å². The number of aromatic nitrogens is 1. The Labute approximate surface area is 107 Å². The monoisotopic (exact) mass is 245 g/mol. The van der Waals surface area contributed by atoms with Gasteiger partial charge in [0.25, 0.3) is 0 Å². The second-order valence-electron chi connectivity index (χ2n) is 4.53. The SMILES string of the molecule is Cn1cc(CNCCCC(N)=O)c2ccccc21. The first-order chi connectivity index (χ1) is 8.68. The summed E-state index contributed by atoms with van der Waals surface area (Å²) < 4.78 is 2.13. The van der Waals surface area contributed by atoms with Crippen molar-refractivity contribution in [2.75, 3.05) is 6.54 Å². The van der Waals surface area contributed by atoms with Crippen LogP contribution in [0, 0.1) is 0 Å². The molecule has 1 aromatic carbocycles. The molecule has 2 aromatic rings. The molecule has 4 heteroatoms. The maximum atomic E-state index is 10.6. The number of primary amides is 1. The summed E-state index contributed by atoms with van der Waals surface area (Å²) in [5.74, 6) is -0.234. The fraction of sp³-hybridized carbons (Fsp3) is 0.357. The molecule has 4 nitrogen and oxygen atoms in total. The maximum Gasteiger partial charge on any atom is 0.217 e. The molecule has 0 fully saturated rings. The molecule has 2 rings (SSSR count). The van der Waals surface area contributed by atoms with E-state index in [2.05, 4.69) is 41.3 Å². The number of hydrogen-bond donors (Lipinski definition) is 2. The predicted octanol–water partition coefficient (Wildman–Crippen LogP) is 1.53. The van der Waals surface area contributed by atoms with E-state index in [-0.39, 0.29) is 5.91 Å². The molecular formula is C14H19N3O. The van der Waals surface area contributed by atoms with Gasteiger partial charge in [-0.2, -0.15) is 0 Å². The third-order valence-corrected chi connectivity index (χ3v) is 3.07. The minimum absolute atomic E-state index is 0.234. The van der Waals surface area contributed by atoms with E-state index in [0.717, 1.165) is 19.5 Å². The number of carbonyl (C=O) groups is 1. The Kier molecular flexibility index (Phi) is 3.99. The van der Waals surface area contributed by atoms with Crippen LogP contribution in [0.2, 0.25) is 0 Å². The van der Waals surface area contributed by atoms with Gasteiger partial charge in [-0.25, -0.2) is 0 Å². The lowest BCUT2D eigenvalue weighted by molar-refractivity contribution is -0.118. The summed E-state index contributed by atoms with van der Waals surface area (Å²) in [5.41, 5.74) is 7.62. The van der Waals surface area contributed by atoms with Crippen LogP contribution in [0.3, 0.4) is 0 Å². The van der Waals surface area contributed by atoms with Gasteiger partial charge < -0.3 is 15.6 Å². The van der Waals surface area contributed by atoms with E-state index in [0.29, 0.717) is 6.42 Å². The van der Waals surface area contributed by atoms with E-state index < -0.39 is 0 Å². The van der Waals surface area contributed by atoms with Crippen LogP contribution in [0.15, 0.2) is 30.5 Å². The lowest BCUT2D eigenvalue weighted by Gasteiger charge is -2.02. The van der Waals surface area contributed by atoms with Gasteiger partial charge in [-0.05, 0) is 24.6 Å². The van der Waals surface area contributed by atoms with Crippen molar-refractivity contribution in [3.63, 3.8) is 0 Å². The highest BCUT2D eigenvalue weighted by atomic mass is 16.1. The number of para-hydroxylation sites is 1. The van der Waals surface area contributed by atoms with Crippen molar-refractivity contribution < 1.29 is 4.79 Å². The van der Waals surface area contributed by atoms with Crippen LogP contribution in [-0.2, 0) is 18.4 Å². The highest BCUT2D eigenvalue weighted by Gasteiger charge is 2.04. The molecule has 0 unspecified atom stereocenters. The number of fused-ring (bicyclic) bond motifs is 1. The summed E-state index contributed by atoms with van der Waals surface area (Å²) in [5, 5.41) is 4.62. The first-order valence-electron chi connectivity index (χ1n) is 6.20. The topological polar surface area (TPSA) is 60.1 Å². The highest BCUT2D eigenvalue weighted by Crippen LogP contribution is 2.19. The van der Waals surface area contributed by atoms with E-state index >= 15 is 0 Å².